The smallest absolute Gasteiger partial charge is 0.127 e. The van der Waals surface area contributed by atoms with Crippen molar-refractivity contribution in [2.45, 2.75) is 26.4 Å². The normalized spacial score (nSPS) is 10.8. The Morgan fingerprint density at radius 2 is 2.28 bits per heavy atom. The van der Waals surface area contributed by atoms with Crippen molar-refractivity contribution in [2.75, 3.05) is 6.54 Å². The molecule has 96 valence electrons. The topological polar surface area (TPSA) is 42.7 Å². The first kappa shape index (κ1) is 12.7. The lowest BCUT2D eigenvalue weighted by atomic mass is 10.1. The van der Waals surface area contributed by atoms with Gasteiger partial charge >= 0.3 is 0 Å². The van der Waals surface area contributed by atoms with Crippen molar-refractivity contribution in [2.24, 2.45) is 0 Å². The molecule has 2 rings (SSSR count). The molecular weight excluding hydrogens is 231 g/mol. The summed E-state index contributed by atoms with van der Waals surface area (Å²) >= 11 is 0. The Morgan fingerprint density at radius 1 is 1.39 bits per heavy atom. The van der Waals surface area contributed by atoms with Gasteiger partial charge in [-0.2, -0.15) is 0 Å². The number of hydrogen-bond acceptors (Lipinski definition) is 3. The van der Waals surface area contributed by atoms with Gasteiger partial charge in [-0.1, -0.05) is 22.9 Å². The van der Waals surface area contributed by atoms with Crippen LogP contribution in [0.5, 0.6) is 0 Å². The summed E-state index contributed by atoms with van der Waals surface area (Å²) in [5, 5.41) is 10.8. The fourth-order valence-electron chi connectivity index (χ4n) is 1.78. The van der Waals surface area contributed by atoms with E-state index in [1.54, 1.807) is 16.9 Å². The van der Waals surface area contributed by atoms with Crippen LogP contribution in [0, 0.1) is 12.7 Å². The molecule has 18 heavy (non-hydrogen) atoms. The van der Waals surface area contributed by atoms with Crippen LogP contribution in [-0.2, 0) is 13.1 Å². The number of nitrogens with one attached hydrogen (secondary N) is 1. The van der Waals surface area contributed by atoms with Gasteiger partial charge in [0.1, 0.15) is 5.82 Å². The molecule has 1 N–H and O–H groups in total. The Kier molecular flexibility index (Phi) is 4.41. The molecule has 0 aliphatic rings. The van der Waals surface area contributed by atoms with Crippen molar-refractivity contribution >= 4 is 0 Å². The third-order valence-electron chi connectivity index (χ3n) is 2.73. The maximum atomic E-state index is 13.4. The third-order valence-corrected chi connectivity index (χ3v) is 2.73. The average molecular weight is 248 g/mol. The van der Waals surface area contributed by atoms with Gasteiger partial charge in [0.2, 0.25) is 0 Å². The summed E-state index contributed by atoms with van der Waals surface area (Å²) in [6.45, 7) is 4.18. The van der Waals surface area contributed by atoms with Crippen molar-refractivity contribution in [3.8, 4) is 0 Å². The van der Waals surface area contributed by atoms with Crippen LogP contribution in [0.25, 0.3) is 0 Å². The van der Waals surface area contributed by atoms with Crippen LogP contribution in [0.15, 0.2) is 30.6 Å². The Hall–Kier alpha value is -1.75. The second kappa shape index (κ2) is 6.26. The van der Waals surface area contributed by atoms with E-state index in [9.17, 15) is 4.39 Å². The van der Waals surface area contributed by atoms with Crippen molar-refractivity contribution in [3.63, 3.8) is 0 Å². The molecule has 2 aromatic rings. The van der Waals surface area contributed by atoms with Gasteiger partial charge in [-0.15, -0.1) is 5.10 Å². The van der Waals surface area contributed by atoms with Crippen molar-refractivity contribution in [1.29, 1.82) is 0 Å². The minimum absolute atomic E-state index is 0.149. The van der Waals surface area contributed by atoms with Gasteiger partial charge in [-0.3, -0.25) is 4.68 Å². The van der Waals surface area contributed by atoms with E-state index in [1.165, 1.54) is 6.07 Å². The summed E-state index contributed by atoms with van der Waals surface area (Å²) in [6, 6.07) is 5.17. The summed E-state index contributed by atoms with van der Waals surface area (Å²) in [5.41, 5.74) is 1.80. The van der Waals surface area contributed by atoms with Gasteiger partial charge in [0.15, 0.2) is 0 Å². The average Bonchev–Trinajstić information content (AvgIpc) is 2.86. The van der Waals surface area contributed by atoms with Gasteiger partial charge in [0.25, 0.3) is 0 Å². The van der Waals surface area contributed by atoms with Crippen LogP contribution < -0.4 is 5.32 Å². The number of nitrogens with zero attached hydrogens (tertiary/aromatic N) is 3. The number of rotatable bonds is 6. The predicted octanol–water partition coefficient (Wildman–Crippen LogP) is 1.91. The lowest BCUT2D eigenvalue weighted by molar-refractivity contribution is 0.523. The summed E-state index contributed by atoms with van der Waals surface area (Å²) in [6.07, 6.45) is 4.44. The molecule has 0 fully saturated rings. The Bertz CT molecular complexity index is 482. The SMILES string of the molecule is Cc1ccc(F)c(CNCCCn2ccnn2)c1. The molecule has 5 heteroatoms. The first-order chi connectivity index (χ1) is 8.75. The Morgan fingerprint density at radius 3 is 3.06 bits per heavy atom. The van der Waals surface area contributed by atoms with Crippen molar-refractivity contribution in [1.82, 2.24) is 20.3 Å². The number of aromatic nitrogens is 3. The molecule has 1 aromatic carbocycles. The van der Waals surface area contributed by atoms with Gasteiger partial charge in [0.05, 0.1) is 6.20 Å². The molecule has 1 aromatic heterocycles. The summed E-state index contributed by atoms with van der Waals surface area (Å²) in [4.78, 5) is 0. The number of halogens is 1. The standard InChI is InChI=1S/C13H17FN4/c1-11-3-4-13(14)12(9-11)10-15-5-2-7-18-8-6-16-17-18/h3-4,6,8-9,15H,2,5,7,10H2,1H3. The molecule has 0 atom stereocenters. The lowest BCUT2D eigenvalue weighted by Gasteiger charge is -2.07. The minimum atomic E-state index is -0.149. The van der Waals surface area contributed by atoms with Crippen LogP contribution in [0.1, 0.15) is 17.5 Å². The summed E-state index contributed by atoms with van der Waals surface area (Å²) in [5.74, 6) is -0.149. The highest BCUT2D eigenvalue weighted by molar-refractivity contribution is 5.23. The van der Waals surface area contributed by atoms with Crippen LogP contribution in [0.4, 0.5) is 4.39 Å². The molecule has 0 radical (unpaired) electrons. The van der Waals surface area contributed by atoms with E-state index in [4.69, 9.17) is 0 Å². The Balaban J connectivity index is 1.70. The molecule has 0 unspecified atom stereocenters. The molecule has 0 spiro atoms. The van der Waals surface area contributed by atoms with Crippen molar-refractivity contribution < 1.29 is 4.39 Å². The van der Waals surface area contributed by atoms with Gasteiger partial charge in [0, 0.05) is 24.8 Å². The fourth-order valence-corrected chi connectivity index (χ4v) is 1.78. The zero-order chi connectivity index (χ0) is 12.8. The van der Waals surface area contributed by atoms with Gasteiger partial charge in [-0.25, -0.2) is 4.39 Å². The zero-order valence-electron chi connectivity index (χ0n) is 10.4. The van der Waals surface area contributed by atoms with Crippen LogP contribution >= 0.6 is 0 Å². The summed E-state index contributed by atoms with van der Waals surface area (Å²) in [7, 11) is 0. The molecular formula is C13H17FN4. The molecule has 0 aliphatic carbocycles. The number of benzene rings is 1. The van der Waals surface area contributed by atoms with E-state index >= 15 is 0 Å². The van der Waals surface area contributed by atoms with Crippen molar-refractivity contribution in [3.05, 3.63) is 47.5 Å². The van der Waals surface area contributed by atoms with Gasteiger partial charge < -0.3 is 5.32 Å². The molecule has 0 bridgehead atoms. The number of hydrogen-bond donors (Lipinski definition) is 1. The third kappa shape index (κ3) is 3.63. The first-order valence-corrected chi connectivity index (χ1v) is 6.05. The van der Waals surface area contributed by atoms with E-state index in [0.29, 0.717) is 6.54 Å². The highest BCUT2D eigenvalue weighted by atomic mass is 19.1. The lowest BCUT2D eigenvalue weighted by Crippen LogP contribution is -2.17. The number of aryl methyl sites for hydroxylation is 2. The quantitative estimate of drug-likeness (QED) is 0.794. The molecule has 0 aliphatic heterocycles. The van der Waals surface area contributed by atoms with E-state index in [2.05, 4.69) is 15.6 Å². The first-order valence-electron chi connectivity index (χ1n) is 6.05. The predicted molar refractivity (Wildman–Crippen MR) is 67.5 cm³/mol. The highest BCUT2D eigenvalue weighted by Crippen LogP contribution is 2.09. The van der Waals surface area contributed by atoms with E-state index in [0.717, 1.165) is 30.6 Å². The van der Waals surface area contributed by atoms with E-state index < -0.39 is 0 Å². The molecule has 0 saturated heterocycles. The molecule has 1 heterocycles. The summed E-state index contributed by atoms with van der Waals surface area (Å²) < 4.78 is 15.2. The molecule has 0 saturated carbocycles. The van der Waals surface area contributed by atoms with Crippen LogP contribution in [0.2, 0.25) is 0 Å². The Labute approximate surface area is 106 Å². The highest BCUT2D eigenvalue weighted by Gasteiger charge is 2.01. The van der Waals surface area contributed by atoms with Crippen LogP contribution in [0.3, 0.4) is 0 Å². The second-order valence-corrected chi connectivity index (χ2v) is 4.29. The fraction of sp³-hybridized carbons (Fsp3) is 0.385. The maximum Gasteiger partial charge on any atom is 0.127 e. The largest absolute Gasteiger partial charge is 0.312 e. The molecule has 0 amide bonds. The second-order valence-electron chi connectivity index (χ2n) is 4.29. The monoisotopic (exact) mass is 248 g/mol. The maximum absolute atomic E-state index is 13.4. The zero-order valence-corrected chi connectivity index (χ0v) is 10.4. The van der Waals surface area contributed by atoms with Gasteiger partial charge in [-0.05, 0) is 26.0 Å². The van der Waals surface area contributed by atoms with E-state index in [-0.39, 0.29) is 5.82 Å². The molecule has 4 nitrogen and oxygen atoms in total. The minimum Gasteiger partial charge on any atom is -0.312 e. The van der Waals surface area contributed by atoms with Crippen LogP contribution in [-0.4, -0.2) is 21.5 Å². The van der Waals surface area contributed by atoms with E-state index in [1.807, 2.05) is 19.2 Å².